The van der Waals surface area contributed by atoms with Crippen LogP contribution < -0.4 is 4.72 Å². The molecule has 0 radical (unpaired) electrons. The average molecular weight is 342 g/mol. The van der Waals surface area contributed by atoms with Gasteiger partial charge >= 0.3 is 0 Å². The van der Waals surface area contributed by atoms with E-state index in [0.717, 1.165) is 12.8 Å². The van der Waals surface area contributed by atoms with Gasteiger partial charge in [0, 0.05) is 20.1 Å². The van der Waals surface area contributed by atoms with Crippen molar-refractivity contribution in [3.05, 3.63) is 11.4 Å². The van der Waals surface area contributed by atoms with Crippen LogP contribution in [-0.2, 0) is 21.9 Å². The molecule has 1 N–H and O–H groups in total. The van der Waals surface area contributed by atoms with Crippen molar-refractivity contribution >= 4 is 15.9 Å². The number of hydrogen-bond donors (Lipinski definition) is 1. The lowest BCUT2D eigenvalue weighted by atomic mass is 10.00. The van der Waals surface area contributed by atoms with E-state index in [2.05, 4.69) is 16.7 Å². The van der Waals surface area contributed by atoms with Gasteiger partial charge in [-0.3, -0.25) is 9.48 Å². The molecule has 1 fully saturated rings. The van der Waals surface area contributed by atoms with Crippen LogP contribution in [0, 0.1) is 19.8 Å². The minimum atomic E-state index is -3.78. The van der Waals surface area contributed by atoms with Gasteiger partial charge in [-0.1, -0.05) is 6.92 Å². The summed E-state index contributed by atoms with van der Waals surface area (Å²) in [5.41, 5.74) is 0.991. The third kappa shape index (κ3) is 3.74. The number of piperidine rings is 1. The van der Waals surface area contributed by atoms with Crippen LogP contribution in [0.25, 0.3) is 0 Å². The lowest BCUT2D eigenvalue weighted by Crippen LogP contribution is -2.49. The van der Waals surface area contributed by atoms with Crippen LogP contribution >= 0.6 is 0 Å². The number of aromatic nitrogens is 2. The first kappa shape index (κ1) is 17.9. The fraction of sp³-hybridized carbons (Fsp3) is 0.733. The molecule has 1 aromatic rings. The molecule has 1 amide bonds. The standard InChI is InChI=1S/C15H26N4O3S/c1-10-7-6-8-19(9-10)15(20)12(3)17-23(21,22)14-11(2)16-18(5)13(14)4/h10,12,17H,6-9H2,1-5H3/t10-,12-/m0/s1. The Balaban J connectivity index is 2.15. The van der Waals surface area contributed by atoms with Crippen LogP contribution in [0.2, 0.25) is 0 Å². The molecule has 0 aliphatic carbocycles. The van der Waals surface area contributed by atoms with Crippen molar-refractivity contribution < 1.29 is 13.2 Å². The molecular weight excluding hydrogens is 316 g/mol. The van der Waals surface area contributed by atoms with Gasteiger partial charge in [0.2, 0.25) is 15.9 Å². The maximum atomic E-state index is 12.6. The van der Waals surface area contributed by atoms with E-state index in [1.165, 1.54) is 4.68 Å². The summed E-state index contributed by atoms with van der Waals surface area (Å²) in [4.78, 5) is 14.4. The molecule has 1 aliphatic rings. The largest absolute Gasteiger partial charge is 0.341 e. The van der Waals surface area contributed by atoms with E-state index in [1.54, 1.807) is 32.7 Å². The molecule has 7 nitrogen and oxygen atoms in total. The lowest BCUT2D eigenvalue weighted by molar-refractivity contribution is -0.134. The minimum absolute atomic E-state index is 0.159. The summed E-state index contributed by atoms with van der Waals surface area (Å²) in [6, 6.07) is -0.788. The number of amides is 1. The molecule has 1 saturated heterocycles. The van der Waals surface area contributed by atoms with Crippen LogP contribution in [0.3, 0.4) is 0 Å². The number of carbonyl (C=O) groups excluding carboxylic acids is 1. The van der Waals surface area contributed by atoms with E-state index in [9.17, 15) is 13.2 Å². The molecule has 1 aliphatic heterocycles. The lowest BCUT2D eigenvalue weighted by Gasteiger charge is -2.32. The average Bonchev–Trinajstić information content (AvgIpc) is 2.71. The first-order chi connectivity index (χ1) is 10.6. The number of aryl methyl sites for hydroxylation is 2. The van der Waals surface area contributed by atoms with Crippen molar-refractivity contribution in [1.82, 2.24) is 19.4 Å². The molecule has 8 heteroatoms. The Morgan fingerprint density at radius 1 is 1.39 bits per heavy atom. The molecule has 1 aromatic heterocycles. The smallest absolute Gasteiger partial charge is 0.244 e. The third-order valence-electron chi connectivity index (χ3n) is 4.38. The Bertz CT molecular complexity index is 696. The van der Waals surface area contributed by atoms with Gasteiger partial charge in [0.1, 0.15) is 4.90 Å². The highest BCUT2D eigenvalue weighted by Gasteiger charge is 2.31. The van der Waals surface area contributed by atoms with E-state index in [0.29, 0.717) is 30.4 Å². The van der Waals surface area contributed by atoms with E-state index in [1.807, 2.05) is 0 Å². The zero-order chi connectivity index (χ0) is 17.4. The fourth-order valence-electron chi connectivity index (χ4n) is 3.15. The molecule has 2 rings (SSSR count). The highest BCUT2D eigenvalue weighted by atomic mass is 32.2. The van der Waals surface area contributed by atoms with Gasteiger partial charge in [0.05, 0.1) is 17.4 Å². The quantitative estimate of drug-likeness (QED) is 0.883. The molecule has 2 atom stereocenters. The Morgan fingerprint density at radius 3 is 2.57 bits per heavy atom. The molecule has 0 saturated carbocycles. The van der Waals surface area contributed by atoms with Crippen LogP contribution in [0.4, 0.5) is 0 Å². The Kier molecular flexibility index (Phi) is 5.15. The topological polar surface area (TPSA) is 84.3 Å². The number of carbonyl (C=O) groups is 1. The predicted octanol–water partition coefficient (Wildman–Crippen LogP) is 0.962. The van der Waals surface area contributed by atoms with E-state index >= 15 is 0 Å². The number of sulfonamides is 1. The Morgan fingerprint density at radius 2 is 2.04 bits per heavy atom. The number of nitrogens with one attached hydrogen (secondary N) is 1. The first-order valence-corrected chi connectivity index (χ1v) is 9.43. The summed E-state index contributed by atoms with van der Waals surface area (Å²) in [6.07, 6.45) is 2.07. The van der Waals surface area contributed by atoms with Crippen molar-refractivity contribution in [3.63, 3.8) is 0 Å². The van der Waals surface area contributed by atoms with E-state index in [-0.39, 0.29) is 10.8 Å². The highest BCUT2D eigenvalue weighted by Crippen LogP contribution is 2.20. The van der Waals surface area contributed by atoms with Gasteiger partial charge in [0.15, 0.2) is 0 Å². The van der Waals surface area contributed by atoms with E-state index in [4.69, 9.17) is 0 Å². The first-order valence-electron chi connectivity index (χ1n) is 7.94. The SMILES string of the molecule is Cc1nn(C)c(C)c1S(=O)(=O)N[C@@H](C)C(=O)N1CCC[C@H](C)C1. The number of hydrogen-bond acceptors (Lipinski definition) is 4. The zero-order valence-corrected chi connectivity index (χ0v) is 15.3. The van der Waals surface area contributed by atoms with Crippen LogP contribution in [0.5, 0.6) is 0 Å². The fourth-order valence-corrected chi connectivity index (χ4v) is 4.78. The zero-order valence-electron chi connectivity index (χ0n) is 14.5. The second-order valence-corrected chi connectivity index (χ2v) is 8.15. The van der Waals surface area contributed by atoms with Gasteiger partial charge in [-0.05, 0) is 39.5 Å². The number of rotatable bonds is 4. The Labute approximate surface area is 138 Å². The van der Waals surface area contributed by atoms with Crippen LogP contribution in [-0.4, -0.2) is 48.1 Å². The van der Waals surface area contributed by atoms with Gasteiger partial charge in [-0.25, -0.2) is 8.42 Å². The summed E-state index contributed by atoms with van der Waals surface area (Å²) in [5.74, 6) is 0.290. The van der Waals surface area contributed by atoms with Gasteiger partial charge in [0.25, 0.3) is 0 Å². The molecule has 0 aromatic carbocycles. The maximum absolute atomic E-state index is 12.6. The Hall–Kier alpha value is -1.41. The van der Waals surface area contributed by atoms with Crippen molar-refractivity contribution in [2.45, 2.75) is 51.5 Å². The molecule has 0 unspecified atom stereocenters. The number of nitrogens with zero attached hydrogens (tertiary/aromatic N) is 3. The minimum Gasteiger partial charge on any atom is -0.341 e. The second kappa shape index (κ2) is 6.60. The summed E-state index contributed by atoms with van der Waals surface area (Å²) in [6.45, 7) is 8.45. The summed E-state index contributed by atoms with van der Waals surface area (Å²) in [7, 11) is -2.08. The normalized spacial score (nSPS) is 20.6. The van der Waals surface area contributed by atoms with Crippen molar-refractivity contribution in [2.75, 3.05) is 13.1 Å². The molecular formula is C15H26N4O3S. The highest BCUT2D eigenvalue weighted by molar-refractivity contribution is 7.89. The predicted molar refractivity (Wildman–Crippen MR) is 87.4 cm³/mol. The second-order valence-electron chi connectivity index (χ2n) is 6.50. The monoisotopic (exact) mass is 342 g/mol. The molecule has 130 valence electrons. The number of likely N-dealkylation sites (tertiary alicyclic amines) is 1. The van der Waals surface area contributed by atoms with Gasteiger partial charge in [-0.2, -0.15) is 9.82 Å². The molecule has 2 heterocycles. The molecule has 0 spiro atoms. The van der Waals surface area contributed by atoms with Gasteiger partial charge in [-0.15, -0.1) is 0 Å². The van der Waals surface area contributed by atoms with Crippen LogP contribution in [0.1, 0.15) is 38.1 Å². The van der Waals surface area contributed by atoms with E-state index < -0.39 is 16.1 Å². The molecule has 0 bridgehead atoms. The van der Waals surface area contributed by atoms with Gasteiger partial charge < -0.3 is 4.90 Å². The summed E-state index contributed by atoms with van der Waals surface area (Å²) < 4.78 is 29.3. The third-order valence-corrected chi connectivity index (χ3v) is 6.17. The molecule has 23 heavy (non-hydrogen) atoms. The summed E-state index contributed by atoms with van der Waals surface area (Å²) >= 11 is 0. The maximum Gasteiger partial charge on any atom is 0.244 e. The van der Waals surface area contributed by atoms with Crippen molar-refractivity contribution in [1.29, 1.82) is 0 Å². The van der Waals surface area contributed by atoms with Crippen LogP contribution in [0.15, 0.2) is 4.90 Å². The summed E-state index contributed by atoms with van der Waals surface area (Å²) in [5, 5.41) is 4.13. The van der Waals surface area contributed by atoms with Crippen molar-refractivity contribution in [2.24, 2.45) is 13.0 Å². The van der Waals surface area contributed by atoms with Crippen molar-refractivity contribution in [3.8, 4) is 0 Å².